The van der Waals surface area contributed by atoms with Crippen molar-refractivity contribution in [3.05, 3.63) is 64.9 Å². The van der Waals surface area contributed by atoms with Gasteiger partial charge in [-0.25, -0.2) is 0 Å². The molecule has 0 saturated carbocycles. The van der Waals surface area contributed by atoms with Gasteiger partial charge in [-0.05, 0) is 62.9 Å². The highest BCUT2D eigenvalue weighted by Gasteiger charge is 2.39. The van der Waals surface area contributed by atoms with Crippen LogP contribution in [0.3, 0.4) is 0 Å². The topological polar surface area (TPSA) is 58.6 Å². The van der Waals surface area contributed by atoms with Crippen LogP contribution in [0.5, 0.6) is 5.75 Å². The lowest BCUT2D eigenvalue weighted by Crippen LogP contribution is -2.35. The largest absolute Gasteiger partial charge is 0.491 e. The van der Waals surface area contributed by atoms with Crippen LogP contribution in [0, 0.1) is 19.8 Å². The summed E-state index contributed by atoms with van der Waals surface area (Å²) in [5.41, 5.74) is 4.40. The van der Waals surface area contributed by atoms with Gasteiger partial charge in [0, 0.05) is 12.2 Å². The van der Waals surface area contributed by atoms with E-state index >= 15 is 0 Å². The number of amides is 2. The van der Waals surface area contributed by atoms with E-state index in [1.54, 1.807) is 0 Å². The molecule has 0 saturated heterocycles. The van der Waals surface area contributed by atoms with Crippen LogP contribution in [-0.4, -0.2) is 29.4 Å². The van der Waals surface area contributed by atoms with E-state index in [1.165, 1.54) is 4.90 Å². The molecule has 30 heavy (non-hydrogen) atoms. The van der Waals surface area contributed by atoms with Gasteiger partial charge in [0.05, 0.1) is 11.7 Å². The Balaban J connectivity index is 2.04. The molecule has 3 rings (SSSR count). The third-order valence-electron chi connectivity index (χ3n) is 4.87. The average Bonchev–Trinajstić information content (AvgIpc) is 2.88. The van der Waals surface area contributed by atoms with Crippen molar-refractivity contribution < 1.29 is 14.3 Å². The first-order valence-corrected chi connectivity index (χ1v) is 10.4. The van der Waals surface area contributed by atoms with Gasteiger partial charge in [-0.3, -0.25) is 14.5 Å². The van der Waals surface area contributed by atoms with E-state index in [2.05, 4.69) is 5.32 Å². The van der Waals surface area contributed by atoms with Crippen LogP contribution in [-0.2, 0) is 9.59 Å². The monoisotopic (exact) mass is 406 g/mol. The van der Waals surface area contributed by atoms with Crippen molar-refractivity contribution in [2.24, 2.45) is 5.92 Å². The van der Waals surface area contributed by atoms with E-state index < -0.39 is 0 Å². The van der Waals surface area contributed by atoms with Gasteiger partial charge in [0.15, 0.2) is 0 Å². The summed E-state index contributed by atoms with van der Waals surface area (Å²) < 4.78 is 5.71. The Kier molecular flexibility index (Phi) is 6.30. The Morgan fingerprint density at radius 2 is 1.60 bits per heavy atom. The summed E-state index contributed by atoms with van der Waals surface area (Å²) in [5, 5.41) is 3.25. The molecule has 1 aliphatic heterocycles. The van der Waals surface area contributed by atoms with Gasteiger partial charge in [0.25, 0.3) is 11.8 Å². The third kappa shape index (κ3) is 4.56. The lowest BCUT2D eigenvalue weighted by molar-refractivity contribution is -0.137. The minimum Gasteiger partial charge on any atom is -0.491 e. The highest BCUT2D eigenvalue weighted by Crippen LogP contribution is 2.32. The maximum Gasteiger partial charge on any atom is 0.278 e. The van der Waals surface area contributed by atoms with Crippen molar-refractivity contribution in [3.63, 3.8) is 0 Å². The molecular formula is C25H30N2O3. The number of anilines is 1. The smallest absolute Gasteiger partial charge is 0.278 e. The first-order valence-electron chi connectivity index (χ1n) is 10.4. The van der Waals surface area contributed by atoms with Crippen LogP contribution in [0.25, 0.3) is 5.57 Å². The minimum absolute atomic E-state index is 0.0630. The fourth-order valence-corrected chi connectivity index (χ4v) is 3.55. The first-order chi connectivity index (χ1) is 14.2. The summed E-state index contributed by atoms with van der Waals surface area (Å²) >= 11 is 0. The average molecular weight is 407 g/mol. The molecule has 0 unspecified atom stereocenters. The highest BCUT2D eigenvalue weighted by atomic mass is 16.5. The number of aryl methyl sites for hydroxylation is 2. The zero-order chi connectivity index (χ0) is 22.0. The van der Waals surface area contributed by atoms with Crippen LogP contribution in [0.15, 0.2) is 48.2 Å². The lowest BCUT2D eigenvalue weighted by atomic mass is 10.0. The molecule has 0 atom stereocenters. The molecule has 0 bridgehead atoms. The Hall–Kier alpha value is -3.08. The zero-order valence-corrected chi connectivity index (χ0v) is 18.6. The predicted molar refractivity (Wildman–Crippen MR) is 120 cm³/mol. The molecule has 2 aromatic carbocycles. The number of ether oxygens (including phenoxy) is 1. The quantitative estimate of drug-likeness (QED) is 0.662. The van der Waals surface area contributed by atoms with Gasteiger partial charge in [-0.2, -0.15) is 0 Å². The van der Waals surface area contributed by atoms with Gasteiger partial charge in [0.2, 0.25) is 0 Å². The zero-order valence-electron chi connectivity index (χ0n) is 18.6. The van der Waals surface area contributed by atoms with E-state index in [-0.39, 0.29) is 23.8 Å². The van der Waals surface area contributed by atoms with E-state index in [4.69, 9.17) is 4.74 Å². The fourth-order valence-electron chi connectivity index (χ4n) is 3.55. The van der Waals surface area contributed by atoms with E-state index in [0.29, 0.717) is 23.4 Å². The fraction of sp³-hybridized carbons (Fsp3) is 0.360. The standard InChI is InChI=1S/C25H30N2O3/c1-15(2)14-27-24(28)22(19-8-10-20(11-9-19)30-16(3)4)23(25(27)29)26-21-12-7-17(5)13-18(21)6/h7-13,15-16,26H,14H2,1-6H3. The maximum atomic E-state index is 13.2. The molecule has 0 radical (unpaired) electrons. The van der Waals surface area contributed by atoms with Crippen LogP contribution < -0.4 is 10.1 Å². The molecule has 1 aliphatic rings. The van der Waals surface area contributed by atoms with Crippen LogP contribution in [0.2, 0.25) is 0 Å². The predicted octanol–water partition coefficient (Wildman–Crippen LogP) is 4.94. The summed E-state index contributed by atoms with van der Waals surface area (Å²) in [6.45, 7) is 12.3. The van der Waals surface area contributed by atoms with E-state index in [9.17, 15) is 9.59 Å². The number of carbonyl (C=O) groups excluding carboxylic acids is 2. The second-order valence-electron chi connectivity index (χ2n) is 8.50. The molecule has 0 spiro atoms. The molecule has 0 fully saturated rings. The number of benzene rings is 2. The van der Waals surface area contributed by atoms with Crippen molar-refractivity contribution in [2.75, 3.05) is 11.9 Å². The van der Waals surface area contributed by atoms with Crippen molar-refractivity contribution in [2.45, 2.75) is 47.6 Å². The summed E-state index contributed by atoms with van der Waals surface area (Å²) in [4.78, 5) is 27.8. The van der Waals surface area contributed by atoms with Crippen LogP contribution in [0.1, 0.15) is 44.4 Å². The van der Waals surface area contributed by atoms with Gasteiger partial charge < -0.3 is 10.1 Å². The van der Waals surface area contributed by atoms with Gasteiger partial charge in [-0.15, -0.1) is 0 Å². The second-order valence-corrected chi connectivity index (χ2v) is 8.50. The van der Waals surface area contributed by atoms with E-state index in [0.717, 1.165) is 22.6 Å². The van der Waals surface area contributed by atoms with E-state index in [1.807, 2.05) is 84.0 Å². The lowest BCUT2D eigenvalue weighted by Gasteiger charge is -2.17. The van der Waals surface area contributed by atoms with Gasteiger partial charge >= 0.3 is 0 Å². The van der Waals surface area contributed by atoms with Crippen molar-refractivity contribution in [1.82, 2.24) is 4.90 Å². The third-order valence-corrected chi connectivity index (χ3v) is 4.87. The number of hydrogen-bond acceptors (Lipinski definition) is 4. The van der Waals surface area contributed by atoms with Crippen molar-refractivity contribution >= 4 is 23.1 Å². The van der Waals surface area contributed by atoms with Gasteiger partial charge in [-0.1, -0.05) is 43.7 Å². The Morgan fingerprint density at radius 3 is 2.17 bits per heavy atom. The highest BCUT2D eigenvalue weighted by molar-refractivity contribution is 6.36. The summed E-state index contributed by atoms with van der Waals surface area (Å²) in [6, 6.07) is 13.3. The normalized spacial score (nSPS) is 14.3. The molecule has 0 aromatic heterocycles. The Morgan fingerprint density at radius 1 is 0.933 bits per heavy atom. The first kappa shape index (κ1) is 21.6. The number of nitrogens with one attached hydrogen (secondary N) is 1. The summed E-state index contributed by atoms with van der Waals surface area (Å²) in [5.74, 6) is 0.361. The molecule has 2 amide bonds. The Bertz CT molecular complexity index is 988. The molecule has 0 aliphatic carbocycles. The molecular weight excluding hydrogens is 376 g/mol. The number of imide groups is 1. The van der Waals surface area contributed by atoms with Crippen LogP contribution in [0.4, 0.5) is 5.69 Å². The van der Waals surface area contributed by atoms with Crippen molar-refractivity contribution in [1.29, 1.82) is 0 Å². The number of rotatable bonds is 7. The number of hydrogen-bond donors (Lipinski definition) is 1. The maximum absolute atomic E-state index is 13.2. The molecule has 5 nitrogen and oxygen atoms in total. The molecule has 1 heterocycles. The van der Waals surface area contributed by atoms with Crippen LogP contribution >= 0.6 is 0 Å². The number of nitrogens with zero attached hydrogens (tertiary/aromatic N) is 1. The SMILES string of the molecule is Cc1ccc(NC2=C(c3ccc(OC(C)C)cc3)C(=O)N(CC(C)C)C2=O)c(C)c1. The molecule has 1 N–H and O–H groups in total. The molecule has 5 heteroatoms. The van der Waals surface area contributed by atoms with Gasteiger partial charge in [0.1, 0.15) is 11.4 Å². The molecule has 2 aromatic rings. The number of carbonyl (C=O) groups is 2. The minimum atomic E-state index is -0.286. The summed E-state index contributed by atoms with van der Waals surface area (Å²) in [7, 11) is 0. The second kappa shape index (κ2) is 8.74. The molecule has 158 valence electrons. The van der Waals surface area contributed by atoms with Crippen molar-refractivity contribution in [3.8, 4) is 5.75 Å². The summed E-state index contributed by atoms with van der Waals surface area (Å²) in [6.07, 6.45) is 0.0630. The Labute approximate surface area is 178 Å².